The first-order chi connectivity index (χ1) is 17.8. The maximum atomic E-state index is 13.5. The van der Waals surface area contributed by atoms with Crippen LogP contribution in [-0.2, 0) is 6.54 Å². The number of hydrogen-bond donors (Lipinski definition) is 1. The number of alkyl halides is 2. The molecule has 1 saturated carbocycles. The summed E-state index contributed by atoms with van der Waals surface area (Å²) >= 11 is 5.88. The van der Waals surface area contributed by atoms with Crippen molar-refractivity contribution in [3.8, 4) is 5.69 Å². The van der Waals surface area contributed by atoms with Crippen LogP contribution in [0.5, 0.6) is 0 Å². The third-order valence-corrected chi connectivity index (χ3v) is 7.15. The van der Waals surface area contributed by atoms with Crippen LogP contribution in [0.25, 0.3) is 16.9 Å². The summed E-state index contributed by atoms with van der Waals surface area (Å²) in [4.78, 5) is 34.3. The molecule has 10 heteroatoms. The number of nitrogens with one attached hydrogen (secondary N) is 1. The highest BCUT2D eigenvalue weighted by Gasteiger charge is 2.27. The van der Waals surface area contributed by atoms with E-state index in [0.717, 1.165) is 35.8 Å². The number of halogens is 3. The SMILES string of the molecule is Cc1ccc(-n2c(=O)n(C[C@H]3CC[C@H](NC(=O)c4cc(Cl)cnc4C(F)F)CC3)c3cccnc32)cc1. The molecule has 1 N–H and O–H groups in total. The summed E-state index contributed by atoms with van der Waals surface area (Å²) < 4.78 is 30.0. The lowest BCUT2D eigenvalue weighted by molar-refractivity contribution is 0.0904. The quantitative estimate of drug-likeness (QED) is 0.362. The zero-order valence-electron chi connectivity index (χ0n) is 20.2. The molecule has 0 aliphatic heterocycles. The molecule has 192 valence electrons. The summed E-state index contributed by atoms with van der Waals surface area (Å²) in [6, 6.07) is 12.6. The molecule has 1 aromatic carbocycles. The van der Waals surface area contributed by atoms with Gasteiger partial charge in [-0.3, -0.25) is 14.3 Å². The summed E-state index contributed by atoms with van der Waals surface area (Å²) in [5, 5.41) is 2.99. The second kappa shape index (κ2) is 10.4. The van der Waals surface area contributed by atoms with Gasteiger partial charge in [-0.2, -0.15) is 0 Å². The molecule has 1 aliphatic rings. The molecule has 0 unspecified atom stereocenters. The van der Waals surface area contributed by atoms with Gasteiger partial charge in [-0.25, -0.2) is 23.1 Å². The minimum atomic E-state index is -2.87. The smallest absolute Gasteiger partial charge is 0.334 e. The normalized spacial score (nSPS) is 17.9. The summed E-state index contributed by atoms with van der Waals surface area (Å²) in [5.74, 6) is -0.371. The lowest BCUT2D eigenvalue weighted by Gasteiger charge is -2.29. The Morgan fingerprint density at radius 3 is 2.57 bits per heavy atom. The lowest BCUT2D eigenvalue weighted by atomic mass is 9.85. The molecule has 1 aliphatic carbocycles. The van der Waals surface area contributed by atoms with Gasteiger partial charge < -0.3 is 5.32 Å². The summed E-state index contributed by atoms with van der Waals surface area (Å²) in [7, 11) is 0. The number of fused-ring (bicyclic) bond motifs is 1. The fraction of sp³-hybridized carbons (Fsp3) is 0.333. The molecule has 0 spiro atoms. The van der Waals surface area contributed by atoms with Gasteiger partial charge in [0, 0.05) is 25.0 Å². The van der Waals surface area contributed by atoms with Gasteiger partial charge in [0.15, 0.2) is 5.65 Å². The van der Waals surface area contributed by atoms with Crippen LogP contribution in [0.4, 0.5) is 8.78 Å². The van der Waals surface area contributed by atoms with Crippen LogP contribution in [0.1, 0.15) is 53.7 Å². The first kappa shape index (κ1) is 25.1. The molecule has 3 aromatic heterocycles. The molecule has 0 atom stereocenters. The Bertz CT molecular complexity index is 1490. The largest absolute Gasteiger partial charge is 0.349 e. The fourth-order valence-corrected chi connectivity index (χ4v) is 5.16. The number of carbonyl (C=O) groups excluding carboxylic acids is 1. The highest BCUT2D eigenvalue weighted by molar-refractivity contribution is 6.30. The minimum Gasteiger partial charge on any atom is -0.349 e. The Labute approximate surface area is 217 Å². The van der Waals surface area contributed by atoms with Gasteiger partial charge >= 0.3 is 5.69 Å². The van der Waals surface area contributed by atoms with E-state index < -0.39 is 18.0 Å². The Kier molecular flexibility index (Phi) is 7.06. The van der Waals surface area contributed by atoms with Crippen LogP contribution in [0.15, 0.2) is 59.7 Å². The molecule has 0 radical (unpaired) electrons. The van der Waals surface area contributed by atoms with Crippen molar-refractivity contribution in [2.24, 2.45) is 5.92 Å². The third-order valence-electron chi connectivity index (χ3n) is 6.94. The van der Waals surface area contributed by atoms with E-state index in [-0.39, 0.29) is 28.2 Å². The molecular formula is C27H26ClF2N5O2. The average molecular weight is 526 g/mol. The van der Waals surface area contributed by atoms with E-state index in [1.54, 1.807) is 15.3 Å². The van der Waals surface area contributed by atoms with Crippen LogP contribution in [-0.4, -0.2) is 31.1 Å². The molecule has 37 heavy (non-hydrogen) atoms. The number of aromatic nitrogens is 4. The van der Waals surface area contributed by atoms with Gasteiger partial charge in [0.25, 0.3) is 12.3 Å². The fourth-order valence-electron chi connectivity index (χ4n) is 5.01. The van der Waals surface area contributed by atoms with Crippen LogP contribution >= 0.6 is 11.6 Å². The molecule has 5 rings (SSSR count). The summed E-state index contributed by atoms with van der Waals surface area (Å²) in [6.45, 7) is 2.53. The number of amides is 1. The van der Waals surface area contributed by atoms with Crippen molar-refractivity contribution >= 4 is 28.7 Å². The summed E-state index contributed by atoms with van der Waals surface area (Å²) in [6.07, 6.45) is 2.84. The minimum absolute atomic E-state index is 0.128. The number of rotatable bonds is 6. The third kappa shape index (κ3) is 5.13. The maximum absolute atomic E-state index is 13.5. The van der Waals surface area contributed by atoms with E-state index >= 15 is 0 Å². The molecule has 4 aromatic rings. The molecule has 3 heterocycles. The highest BCUT2D eigenvalue weighted by atomic mass is 35.5. The predicted molar refractivity (Wildman–Crippen MR) is 137 cm³/mol. The maximum Gasteiger partial charge on any atom is 0.334 e. The zero-order chi connectivity index (χ0) is 26.1. The van der Waals surface area contributed by atoms with Crippen LogP contribution in [0.3, 0.4) is 0 Å². The van der Waals surface area contributed by atoms with Crippen molar-refractivity contribution in [2.45, 2.75) is 51.6 Å². The van der Waals surface area contributed by atoms with Gasteiger partial charge in [-0.1, -0.05) is 29.3 Å². The van der Waals surface area contributed by atoms with Gasteiger partial charge in [0.1, 0.15) is 5.69 Å². The topological polar surface area (TPSA) is 81.8 Å². The van der Waals surface area contributed by atoms with E-state index in [4.69, 9.17) is 11.6 Å². The van der Waals surface area contributed by atoms with E-state index in [0.29, 0.717) is 25.0 Å². The van der Waals surface area contributed by atoms with Crippen LogP contribution in [0, 0.1) is 12.8 Å². The van der Waals surface area contributed by atoms with E-state index in [1.165, 1.54) is 6.07 Å². The van der Waals surface area contributed by atoms with Crippen LogP contribution in [0.2, 0.25) is 5.02 Å². The lowest BCUT2D eigenvalue weighted by Crippen LogP contribution is -2.39. The van der Waals surface area contributed by atoms with Crippen molar-refractivity contribution < 1.29 is 13.6 Å². The second-order valence-corrected chi connectivity index (χ2v) is 9.92. The molecule has 1 fully saturated rings. The van der Waals surface area contributed by atoms with E-state index in [1.807, 2.05) is 43.3 Å². The Balaban J connectivity index is 1.30. The van der Waals surface area contributed by atoms with Crippen molar-refractivity contribution in [3.63, 3.8) is 0 Å². The number of carbonyl (C=O) groups is 1. The molecule has 0 bridgehead atoms. The number of imidazole rings is 1. The number of benzene rings is 1. The Hall–Kier alpha value is -3.59. The molecule has 7 nitrogen and oxygen atoms in total. The molecule has 1 amide bonds. The van der Waals surface area contributed by atoms with Crippen molar-refractivity contribution in [3.05, 3.63) is 87.2 Å². The average Bonchev–Trinajstić information content (AvgIpc) is 3.16. The van der Waals surface area contributed by atoms with Crippen molar-refractivity contribution in [1.82, 2.24) is 24.4 Å². The monoisotopic (exact) mass is 525 g/mol. The van der Waals surface area contributed by atoms with E-state index in [2.05, 4.69) is 15.3 Å². The van der Waals surface area contributed by atoms with Gasteiger partial charge in [0.05, 0.1) is 21.8 Å². The first-order valence-corrected chi connectivity index (χ1v) is 12.6. The molecular weight excluding hydrogens is 500 g/mol. The standard InChI is InChI=1S/C27H26ClF2N5O2/c1-16-4-10-20(11-5-16)35-25-22(3-2-12-31-25)34(27(35)37)15-17-6-8-19(9-7-17)33-26(36)21-13-18(28)14-32-23(21)24(29)30/h2-5,10-14,17,19,24H,6-9,15H2,1H3,(H,33,36)/t17-,19-. The summed E-state index contributed by atoms with van der Waals surface area (Å²) in [5.41, 5.74) is 2.35. The molecule has 0 saturated heterocycles. The zero-order valence-corrected chi connectivity index (χ0v) is 21.0. The Morgan fingerprint density at radius 2 is 1.86 bits per heavy atom. The van der Waals surface area contributed by atoms with Gasteiger partial charge in [0.2, 0.25) is 0 Å². The predicted octanol–water partition coefficient (Wildman–Crippen LogP) is 5.47. The van der Waals surface area contributed by atoms with Crippen molar-refractivity contribution in [2.75, 3.05) is 0 Å². The number of pyridine rings is 2. The van der Waals surface area contributed by atoms with Crippen molar-refractivity contribution in [1.29, 1.82) is 0 Å². The Morgan fingerprint density at radius 1 is 1.14 bits per heavy atom. The number of hydrogen-bond acceptors (Lipinski definition) is 4. The van der Waals surface area contributed by atoms with Gasteiger partial charge in [-0.05, 0) is 68.9 Å². The number of aryl methyl sites for hydroxylation is 1. The van der Waals surface area contributed by atoms with E-state index in [9.17, 15) is 18.4 Å². The van der Waals surface area contributed by atoms with Crippen LogP contribution < -0.4 is 11.0 Å². The number of nitrogens with zero attached hydrogens (tertiary/aromatic N) is 4. The second-order valence-electron chi connectivity index (χ2n) is 9.49. The highest BCUT2D eigenvalue weighted by Crippen LogP contribution is 2.28. The van der Waals surface area contributed by atoms with Gasteiger partial charge in [-0.15, -0.1) is 0 Å². The first-order valence-electron chi connectivity index (χ1n) is 12.2.